The first-order valence-electron chi connectivity index (χ1n) is 6.63. The summed E-state index contributed by atoms with van der Waals surface area (Å²) in [5.41, 5.74) is 7.28. The van der Waals surface area contributed by atoms with Gasteiger partial charge < -0.3 is 15.2 Å². The van der Waals surface area contributed by atoms with E-state index in [4.69, 9.17) is 15.2 Å². The Morgan fingerprint density at radius 1 is 1.21 bits per heavy atom. The molecule has 1 rings (SSSR count). The summed E-state index contributed by atoms with van der Waals surface area (Å²) in [6.07, 6.45) is 1.23. The van der Waals surface area contributed by atoms with Crippen molar-refractivity contribution in [2.24, 2.45) is 11.7 Å². The van der Waals surface area contributed by atoms with Gasteiger partial charge in [0.2, 0.25) is 0 Å². The third kappa shape index (κ3) is 5.33. The first-order valence-corrected chi connectivity index (χ1v) is 7.79. The predicted molar refractivity (Wildman–Crippen MR) is 83.3 cm³/mol. The van der Waals surface area contributed by atoms with Crippen LogP contribution < -0.4 is 15.2 Å². The van der Waals surface area contributed by atoms with Crippen LogP contribution in [-0.2, 0) is 0 Å². The molecule has 0 aromatic heterocycles. The van der Waals surface area contributed by atoms with Gasteiger partial charge in [-0.05, 0) is 24.2 Å². The SMILES string of the molecule is COc1ccc(C(N)CSCCC(C)C)c(OC)c1. The van der Waals surface area contributed by atoms with Crippen LogP contribution in [0, 0.1) is 5.92 Å². The molecular formula is C15H25NO2S. The van der Waals surface area contributed by atoms with Crippen LogP contribution >= 0.6 is 11.8 Å². The molecule has 19 heavy (non-hydrogen) atoms. The Bertz CT molecular complexity index is 382. The Hall–Kier alpha value is -0.870. The molecule has 1 aromatic carbocycles. The zero-order valence-electron chi connectivity index (χ0n) is 12.3. The lowest BCUT2D eigenvalue weighted by atomic mass is 10.1. The molecule has 0 aliphatic carbocycles. The average molecular weight is 283 g/mol. The number of nitrogens with two attached hydrogens (primary N) is 1. The summed E-state index contributed by atoms with van der Waals surface area (Å²) < 4.78 is 10.6. The Labute approximate surface area is 120 Å². The maximum atomic E-state index is 6.24. The van der Waals surface area contributed by atoms with Gasteiger partial charge in [0.05, 0.1) is 14.2 Å². The van der Waals surface area contributed by atoms with Crippen molar-refractivity contribution in [3.05, 3.63) is 23.8 Å². The number of thioether (sulfide) groups is 1. The topological polar surface area (TPSA) is 44.5 Å². The van der Waals surface area contributed by atoms with E-state index in [1.54, 1.807) is 14.2 Å². The monoisotopic (exact) mass is 283 g/mol. The molecule has 1 atom stereocenters. The van der Waals surface area contributed by atoms with E-state index in [9.17, 15) is 0 Å². The summed E-state index contributed by atoms with van der Waals surface area (Å²) in [6, 6.07) is 5.80. The normalized spacial score (nSPS) is 12.5. The number of ether oxygens (including phenoxy) is 2. The quantitative estimate of drug-likeness (QED) is 0.742. The Kier molecular flexibility index (Phi) is 7.10. The summed E-state index contributed by atoms with van der Waals surface area (Å²) in [7, 11) is 3.31. The van der Waals surface area contributed by atoms with Crippen LogP contribution in [-0.4, -0.2) is 25.7 Å². The molecule has 1 unspecified atom stereocenters. The highest BCUT2D eigenvalue weighted by Gasteiger charge is 2.13. The molecule has 3 nitrogen and oxygen atoms in total. The molecule has 0 fully saturated rings. The summed E-state index contributed by atoms with van der Waals surface area (Å²) in [5.74, 6) is 4.41. The number of methoxy groups -OCH3 is 2. The largest absolute Gasteiger partial charge is 0.497 e. The molecule has 0 aliphatic heterocycles. The van der Waals surface area contributed by atoms with Crippen LogP contribution in [0.25, 0.3) is 0 Å². The summed E-state index contributed by atoms with van der Waals surface area (Å²) in [5, 5.41) is 0. The van der Waals surface area contributed by atoms with E-state index in [0.29, 0.717) is 0 Å². The second-order valence-corrected chi connectivity index (χ2v) is 6.12. The third-order valence-electron chi connectivity index (χ3n) is 2.98. The first-order chi connectivity index (χ1) is 9.08. The summed E-state index contributed by atoms with van der Waals surface area (Å²) in [6.45, 7) is 4.49. The van der Waals surface area contributed by atoms with Crippen LogP contribution in [0.15, 0.2) is 18.2 Å². The maximum absolute atomic E-state index is 6.24. The van der Waals surface area contributed by atoms with Gasteiger partial charge in [-0.3, -0.25) is 0 Å². The molecule has 0 amide bonds. The fraction of sp³-hybridized carbons (Fsp3) is 0.600. The minimum absolute atomic E-state index is 0.00183. The van der Waals surface area contributed by atoms with E-state index in [1.807, 2.05) is 30.0 Å². The molecule has 0 heterocycles. The van der Waals surface area contributed by atoms with Gasteiger partial charge in [-0.25, -0.2) is 0 Å². The molecule has 0 saturated heterocycles. The zero-order chi connectivity index (χ0) is 14.3. The van der Waals surface area contributed by atoms with Crippen molar-refractivity contribution in [1.82, 2.24) is 0 Å². The third-order valence-corrected chi connectivity index (χ3v) is 4.10. The molecule has 0 bridgehead atoms. The predicted octanol–water partition coefficient (Wildman–Crippen LogP) is 3.48. The van der Waals surface area contributed by atoms with E-state index in [-0.39, 0.29) is 6.04 Å². The van der Waals surface area contributed by atoms with Crippen LogP contribution in [0.5, 0.6) is 11.5 Å². The van der Waals surface area contributed by atoms with E-state index < -0.39 is 0 Å². The highest BCUT2D eigenvalue weighted by molar-refractivity contribution is 7.99. The lowest BCUT2D eigenvalue weighted by Crippen LogP contribution is -2.14. The number of rotatable bonds is 8. The summed E-state index contributed by atoms with van der Waals surface area (Å²) >= 11 is 1.90. The smallest absolute Gasteiger partial charge is 0.127 e. The van der Waals surface area contributed by atoms with E-state index in [0.717, 1.165) is 34.5 Å². The van der Waals surface area contributed by atoms with Crippen molar-refractivity contribution >= 4 is 11.8 Å². The number of hydrogen-bond donors (Lipinski definition) is 1. The summed E-state index contributed by atoms with van der Waals surface area (Å²) in [4.78, 5) is 0. The molecule has 1 aromatic rings. The fourth-order valence-corrected chi connectivity index (χ4v) is 2.98. The second-order valence-electron chi connectivity index (χ2n) is 4.97. The lowest BCUT2D eigenvalue weighted by Gasteiger charge is -2.16. The average Bonchev–Trinajstić information content (AvgIpc) is 2.42. The molecule has 2 N–H and O–H groups in total. The fourth-order valence-electron chi connectivity index (χ4n) is 1.74. The molecule has 108 valence electrons. The van der Waals surface area contributed by atoms with Gasteiger partial charge in [-0.2, -0.15) is 11.8 Å². The van der Waals surface area contributed by atoms with Gasteiger partial charge in [0.15, 0.2) is 0 Å². The van der Waals surface area contributed by atoms with Crippen molar-refractivity contribution in [2.45, 2.75) is 26.3 Å². The minimum Gasteiger partial charge on any atom is -0.497 e. The molecule has 0 radical (unpaired) electrons. The molecule has 4 heteroatoms. The maximum Gasteiger partial charge on any atom is 0.127 e. The lowest BCUT2D eigenvalue weighted by molar-refractivity contribution is 0.389. The Morgan fingerprint density at radius 3 is 2.53 bits per heavy atom. The zero-order valence-corrected chi connectivity index (χ0v) is 13.1. The van der Waals surface area contributed by atoms with Crippen molar-refractivity contribution in [3.63, 3.8) is 0 Å². The van der Waals surface area contributed by atoms with Crippen LogP contribution in [0.3, 0.4) is 0 Å². The van der Waals surface area contributed by atoms with E-state index in [1.165, 1.54) is 6.42 Å². The van der Waals surface area contributed by atoms with Gasteiger partial charge in [-0.15, -0.1) is 0 Å². The number of benzene rings is 1. The van der Waals surface area contributed by atoms with E-state index in [2.05, 4.69) is 13.8 Å². The molecular weight excluding hydrogens is 258 g/mol. The number of hydrogen-bond acceptors (Lipinski definition) is 4. The Morgan fingerprint density at radius 2 is 1.95 bits per heavy atom. The molecule has 0 saturated carbocycles. The van der Waals surface area contributed by atoms with Crippen molar-refractivity contribution < 1.29 is 9.47 Å². The highest BCUT2D eigenvalue weighted by atomic mass is 32.2. The Balaban J connectivity index is 2.58. The van der Waals surface area contributed by atoms with Gasteiger partial charge in [0.25, 0.3) is 0 Å². The first kappa shape index (κ1) is 16.2. The van der Waals surface area contributed by atoms with Gasteiger partial charge in [0.1, 0.15) is 11.5 Å². The van der Waals surface area contributed by atoms with Crippen molar-refractivity contribution in [3.8, 4) is 11.5 Å². The van der Waals surface area contributed by atoms with Gasteiger partial charge in [-0.1, -0.05) is 19.9 Å². The molecule has 0 spiro atoms. The van der Waals surface area contributed by atoms with Crippen LogP contribution in [0.2, 0.25) is 0 Å². The van der Waals surface area contributed by atoms with Gasteiger partial charge >= 0.3 is 0 Å². The van der Waals surface area contributed by atoms with E-state index >= 15 is 0 Å². The minimum atomic E-state index is -0.00183. The molecule has 0 aliphatic rings. The highest BCUT2D eigenvalue weighted by Crippen LogP contribution is 2.30. The van der Waals surface area contributed by atoms with Crippen molar-refractivity contribution in [1.29, 1.82) is 0 Å². The van der Waals surface area contributed by atoms with Crippen LogP contribution in [0.1, 0.15) is 31.9 Å². The van der Waals surface area contributed by atoms with Crippen molar-refractivity contribution in [2.75, 3.05) is 25.7 Å². The van der Waals surface area contributed by atoms with Crippen LogP contribution in [0.4, 0.5) is 0 Å². The second kappa shape index (κ2) is 8.33. The standard InChI is InChI=1S/C15H25NO2S/c1-11(2)7-8-19-10-14(16)13-6-5-12(17-3)9-15(13)18-4/h5-6,9,11,14H,7-8,10,16H2,1-4H3. The van der Waals surface area contributed by atoms with Gasteiger partial charge in [0, 0.05) is 23.4 Å².